The topological polar surface area (TPSA) is 57.5 Å². The van der Waals surface area contributed by atoms with Crippen LogP contribution in [0.1, 0.15) is 31.7 Å². The van der Waals surface area contributed by atoms with Crippen LogP contribution in [-0.4, -0.2) is 9.79 Å². The largest absolute Gasteiger partial charge is 0.356 e. The summed E-state index contributed by atoms with van der Waals surface area (Å²) < 4.78 is 10.9. The summed E-state index contributed by atoms with van der Waals surface area (Å²) in [7, 11) is -4.08. The van der Waals surface area contributed by atoms with E-state index in [-0.39, 0.29) is 5.30 Å². The van der Waals surface area contributed by atoms with Crippen molar-refractivity contribution in [2.24, 2.45) is 0 Å². The standard InChI is InChI=1S/C10H15O3P/c1-3-8(2)9-4-6-10(7-5-9)14(11,12)13/h4-8H,3H2,1-2H3,(H2,11,12,13). The number of benzene rings is 1. The summed E-state index contributed by atoms with van der Waals surface area (Å²) in [6.07, 6.45) is 1.02. The van der Waals surface area contributed by atoms with E-state index in [0.717, 1.165) is 12.0 Å². The minimum absolute atomic E-state index is 0.0875. The van der Waals surface area contributed by atoms with Crippen LogP contribution in [0.15, 0.2) is 24.3 Å². The lowest BCUT2D eigenvalue weighted by atomic mass is 9.99. The predicted octanol–water partition coefficient (Wildman–Crippen LogP) is 2.00. The Morgan fingerprint density at radius 3 is 2.14 bits per heavy atom. The van der Waals surface area contributed by atoms with Crippen LogP contribution in [0.4, 0.5) is 0 Å². The third-order valence-corrected chi connectivity index (χ3v) is 3.38. The van der Waals surface area contributed by atoms with E-state index in [1.807, 2.05) is 0 Å². The van der Waals surface area contributed by atoms with Gasteiger partial charge in [0, 0.05) is 0 Å². The second-order valence-corrected chi connectivity index (χ2v) is 5.05. The average molecular weight is 214 g/mol. The molecule has 0 saturated heterocycles. The van der Waals surface area contributed by atoms with Gasteiger partial charge in [-0.15, -0.1) is 0 Å². The van der Waals surface area contributed by atoms with Gasteiger partial charge in [-0.25, -0.2) is 0 Å². The fourth-order valence-corrected chi connectivity index (χ4v) is 1.77. The molecule has 0 aliphatic carbocycles. The van der Waals surface area contributed by atoms with E-state index >= 15 is 0 Å². The van der Waals surface area contributed by atoms with Crippen LogP contribution in [-0.2, 0) is 4.57 Å². The molecule has 1 unspecified atom stereocenters. The molecule has 0 spiro atoms. The number of hydrogen-bond donors (Lipinski definition) is 2. The first-order valence-electron chi connectivity index (χ1n) is 4.61. The first-order chi connectivity index (χ1) is 6.45. The summed E-state index contributed by atoms with van der Waals surface area (Å²) in [6.45, 7) is 4.17. The fraction of sp³-hybridized carbons (Fsp3) is 0.400. The Hall–Kier alpha value is -0.630. The molecule has 0 bridgehead atoms. The zero-order chi connectivity index (χ0) is 10.8. The van der Waals surface area contributed by atoms with Crippen LogP contribution >= 0.6 is 7.60 Å². The molecule has 0 radical (unpaired) electrons. The Labute approximate surface area is 83.9 Å². The third-order valence-electron chi connectivity index (χ3n) is 2.41. The highest BCUT2D eigenvalue weighted by molar-refractivity contribution is 7.60. The van der Waals surface area contributed by atoms with Crippen molar-refractivity contribution < 1.29 is 14.4 Å². The molecule has 0 amide bonds. The van der Waals surface area contributed by atoms with Crippen molar-refractivity contribution in [3.63, 3.8) is 0 Å². The normalized spacial score (nSPS) is 14.0. The van der Waals surface area contributed by atoms with Crippen LogP contribution < -0.4 is 5.30 Å². The Morgan fingerprint density at radius 1 is 1.29 bits per heavy atom. The summed E-state index contributed by atoms with van der Waals surface area (Å²) in [5.74, 6) is 0.431. The van der Waals surface area contributed by atoms with Gasteiger partial charge in [0.05, 0.1) is 5.30 Å². The second kappa shape index (κ2) is 4.26. The molecule has 1 atom stereocenters. The van der Waals surface area contributed by atoms with E-state index in [0.29, 0.717) is 5.92 Å². The highest BCUT2D eigenvalue weighted by Crippen LogP contribution is 2.33. The maximum atomic E-state index is 10.9. The van der Waals surface area contributed by atoms with Gasteiger partial charge >= 0.3 is 7.60 Å². The zero-order valence-corrected chi connectivity index (χ0v) is 9.24. The molecule has 0 fully saturated rings. The highest BCUT2D eigenvalue weighted by atomic mass is 31.2. The van der Waals surface area contributed by atoms with Gasteiger partial charge in [-0.05, 0) is 30.0 Å². The van der Waals surface area contributed by atoms with E-state index in [9.17, 15) is 4.57 Å². The molecule has 4 heteroatoms. The highest BCUT2D eigenvalue weighted by Gasteiger charge is 2.16. The Kier molecular flexibility index (Phi) is 3.48. The van der Waals surface area contributed by atoms with Crippen molar-refractivity contribution in [3.05, 3.63) is 29.8 Å². The van der Waals surface area contributed by atoms with Gasteiger partial charge in [-0.3, -0.25) is 4.57 Å². The summed E-state index contributed by atoms with van der Waals surface area (Å²) in [5, 5.41) is 0.0875. The molecule has 1 aromatic carbocycles. The average Bonchev–Trinajstić information content (AvgIpc) is 2.15. The van der Waals surface area contributed by atoms with Gasteiger partial charge in [0.1, 0.15) is 0 Å². The third kappa shape index (κ3) is 2.68. The van der Waals surface area contributed by atoms with Gasteiger partial charge < -0.3 is 9.79 Å². The molecule has 0 saturated carbocycles. The van der Waals surface area contributed by atoms with Crippen LogP contribution in [0.3, 0.4) is 0 Å². The van der Waals surface area contributed by atoms with E-state index in [1.165, 1.54) is 12.1 Å². The molecule has 78 valence electrons. The zero-order valence-electron chi connectivity index (χ0n) is 8.34. The molecule has 0 aliphatic rings. The van der Waals surface area contributed by atoms with Crippen LogP contribution in [0, 0.1) is 0 Å². The smallest absolute Gasteiger partial charge is 0.321 e. The molecule has 0 aliphatic heterocycles. The molecule has 0 aromatic heterocycles. The van der Waals surface area contributed by atoms with Gasteiger partial charge in [-0.1, -0.05) is 26.0 Å². The van der Waals surface area contributed by atoms with Crippen LogP contribution in [0.2, 0.25) is 0 Å². The van der Waals surface area contributed by atoms with Gasteiger partial charge in [0.2, 0.25) is 0 Å². The monoisotopic (exact) mass is 214 g/mol. The van der Waals surface area contributed by atoms with E-state index in [4.69, 9.17) is 9.79 Å². The molecule has 2 N–H and O–H groups in total. The van der Waals surface area contributed by atoms with E-state index in [1.54, 1.807) is 12.1 Å². The fourth-order valence-electron chi connectivity index (χ4n) is 1.23. The van der Waals surface area contributed by atoms with Gasteiger partial charge in [0.25, 0.3) is 0 Å². The van der Waals surface area contributed by atoms with Crippen molar-refractivity contribution >= 4 is 12.9 Å². The molecular formula is C10H15O3P. The first kappa shape index (κ1) is 11.4. The van der Waals surface area contributed by atoms with Crippen molar-refractivity contribution in [1.29, 1.82) is 0 Å². The molecule has 14 heavy (non-hydrogen) atoms. The van der Waals surface area contributed by atoms with Crippen LogP contribution in [0.5, 0.6) is 0 Å². The Morgan fingerprint density at radius 2 is 1.79 bits per heavy atom. The van der Waals surface area contributed by atoms with Crippen LogP contribution in [0.25, 0.3) is 0 Å². The predicted molar refractivity (Wildman–Crippen MR) is 56.8 cm³/mol. The summed E-state index contributed by atoms with van der Waals surface area (Å²) >= 11 is 0. The molecule has 1 rings (SSSR count). The molecule has 0 heterocycles. The van der Waals surface area contributed by atoms with Crippen molar-refractivity contribution in [1.82, 2.24) is 0 Å². The molecular weight excluding hydrogens is 199 g/mol. The number of hydrogen-bond acceptors (Lipinski definition) is 1. The lowest BCUT2D eigenvalue weighted by molar-refractivity contribution is 0.387. The second-order valence-electron chi connectivity index (χ2n) is 3.44. The summed E-state index contributed by atoms with van der Waals surface area (Å²) in [6, 6.07) is 6.57. The van der Waals surface area contributed by atoms with Crippen molar-refractivity contribution in [3.8, 4) is 0 Å². The SMILES string of the molecule is CCC(C)c1ccc(P(=O)(O)O)cc1. The molecule has 1 aromatic rings. The van der Waals surface area contributed by atoms with E-state index < -0.39 is 7.60 Å². The van der Waals surface area contributed by atoms with E-state index in [2.05, 4.69) is 13.8 Å². The van der Waals surface area contributed by atoms with Gasteiger partial charge in [-0.2, -0.15) is 0 Å². The quantitative estimate of drug-likeness (QED) is 0.756. The Balaban J connectivity index is 2.95. The summed E-state index contributed by atoms with van der Waals surface area (Å²) in [5.41, 5.74) is 1.12. The van der Waals surface area contributed by atoms with Crippen molar-refractivity contribution in [2.45, 2.75) is 26.2 Å². The van der Waals surface area contributed by atoms with Crippen molar-refractivity contribution in [2.75, 3.05) is 0 Å². The maximum absolute atomic E-state index is 10.9. The lowest BCUT2D eigenvalue weighted by Crippen LogP contribution is -2.04. The molecule has 3 nitrogen and oxygen atoms in total. The summed E-state index contributed by atoms with van der Waals surface area (Å²) in [4.78, 5) is 17.8. The lowest BCUT2D eigenvalue weighted by Gasteiger charge is -2.10. The number of rotatable bonds is 3. The minimum atomic E-state index is -4.08. The minimum Gasteiger partial charge on any atom is -0.321 e. The van der Waals surface area contributed by atoms with Gasteiger partial charge in [0.15, 0.2) is 0 Å². The Bertz CT molecular complexity index is 339. The first-order valence-corrected chi connectivity index (χ1v) is 6.22. The maximum Gasteiger partial charge on any atom is 0.356 e.